The molecule has 0 heterocycles. The molecular weight excluding hydrogens is 287 g/mol. The molecule has 0 spiro atoms. The average Bonchev–Trinajstić information content (AvgIpc) is 2.16. The van der Waals surface area contributed by atoms with Crippen LogP contribution in [0.2, 0.25) is 0 Å². The predicted octanol–water partition coefficient (Wildman–Crippen LogP) is 3.40. The van der Waals surface area contributed by atoms with Gasteiger partial charge in [0.25, 0.3) is 0 Å². The Labute approximate surface area is 85.7 Å². The Bertz CT molecular complexity index is 348. The van der Waals surface area contributed by atoms with Gasteiger partial charge in [-0.25, -0.2) is 0 Å². The van der Waals surface area contributed by atoms with Crippen LogP contribution in [0.1, 0.15) is 5.56 Å². The zero-order valence-electron chi connectivity index (χ0n) is 5.82. The molecule has 0 saturated heterocycles. The van der Waals surface area contributed by atoms with E-state index in [0.717, 1.165) is 4.90 Å². The van der Waals surface area contributed by atoms with Crippen LogP contribution in [0.15, 0.2) is 28.3 Å². The monoisotopic (exact) mass is 290 g/mol. The number of hydrogen-bond acceptors (Lipinski definition) is 4. The van der Waals surface area contributed by atoms with E-state index in [4.69, 9.17) is 5.26 Å². The molecule has 0 saturated carbocycles. The second-order valence-electron chi connectivity index (χ2n) is 1.96. The molecule has 0 atom stereocenters. The Morgan fingerprint density at radius 1 is 1.58 bits per heavy atom. The van der Waals surface area contributed by atoms with Gasteiger partial charge in [0.15, 0.2) is 0 Å². The molecule has 1 rings (SSSR count). The van der Waals surface area contributed by atoms with Gasteiger partial charge in [-0.3, -0.25) is 0 Å². The van der Waals surface area contributed by atoms with Crippen molar-refractivity contribution in [3.05, 3.63) is 28.7 Å². The number of nitroso groups, excluding NO2 is 1. The predicted molar refractivity (Wildman–Crippen MR) is 56.5 cm³/mol. The highest BCUT2D eigenvalue weighted by Gasteiger charge is 2.02. The zero-order valence-corrected chi connectivity index (χ0v) is 8.79. The van der Waals surface area contributed by atoms with E-state index in [0.29, 0.717) is 11.3 Å². The van der Waals surface area contributed by atoms with Crippen molar-refractivity contribution in [2.75, 3.05) is 0 Å². The van der Waals surface area contributed by atoms with E-state index in [2.05, 4.69) is 26.4 Å². The molecule has 0 aliphatic rings. The van der Waals surface area contributed by atoms with Gasteiger partial charge in [0.1, 0.15) is 11.8 Å². The van der Waals surface area contributed by atoms with Crippen molar-refractivity contribution in [1.29, 1.82) is 5.26 Å². The topological polar surface area (TPSA) is 53.2 Å². The van der Waals surface area contributed by atoms with Crippen molar-refractivity contribution in [3.63, 3.8) is 0 Å². The maximum atomic E-state index is 10.1. The van der Waals surface area contributed by atoms with Gasteiger partial charge in [0.05, 0.1) is 5.56 Å². The van der Waals surface area contributed by atoms with Gasteiger partial charge >= 0.3 is 0 Å². The summed E-state index contributed by atoms with van der Waals surface area (Å²) in [5.74, 6) is 0. The molecule has 0 unspecified atom stereocenters. The number of nitrogens with zero attached hydrogens (tertiary/aromatic N) is 2. The Balaban J connectivity index is 3.21. The summed E-state index contributed by atoms with van der Waals surface area (Å²) in [6, 6.07) is 6.78. The van der Waals surface area contributed by atoms with Crippen LogP contribution in [-0.2, 0) is 0 Å². The third-order valence-corrected chi connectivity index (χ3v) is 3.22. The first-order valence-electron chi connectivity index (χ1n) is 2.98. The Morgan fingerprint density at radius 3 is 2.83 bits per heavy atom. The normalized spacial score (nSPS) is 9.00. The van der Waals surface area contributed by atoms with E-state index >= 15 is 0 Å². The lowest BCUT2D eigenvalue weighted by molar-refractivity contribution is 1.35. The van der Waals surface area contributed by atoms with Crippen molar-refractivity contribution < 1.29 is 0 Å². The molecule has 0 aliphatic heterocycles. The quantitative estimate of drug-likeness (QED) is 0.619. The molecule has 5 heteroatoms. The first-order valence-corrected chi connectivity index (χ1v) is 6.34. The molecule has 60 valence electrons. The maximum absolute atomic E-state index is 10.1. The highest BCUT2D eigenvalue weighted by molar-refractivity contribution is 14.2. The third-order valence-electron chi connectivity index (χ3n) is 1.27. The molecule has 0 amide bonds. The minimum absolute atomic E-state index is 0.292. The first kappa shape index (κ1) is 9.48. The number of halogens is 1. The van der Waals surface area contributed by atoms with Gasteiger partial charge in [-0.2, -0.15) is 5.26 Å². The molecule has 0 aliphatic carbocycles. The van der Waals surface area contributed by atoms with Crippen LogP contribution in [0.3, 0.4) is 0 Å². The van der Waals surface area contributed by atoms with Crippen molar-refractivity contribution in [3.8, 4) is 6.07 Å². The second-order valence-corrected chi connectivity index (χ2v) is 3.88. The molecule has 0 bridgehead atoms. The standard InChI is InChI=1S/C7H3IN2OS/c8-12-7-2-1-6(10-11)3-5(7)4-9/h1-3H. The molecular formula is C7H3IN2OS. The molecule has 3 nitrogen and oxygen atoms in total. The summed E-state index contributed by atoms with van der Waals surface area (Å²) in [7, 11) is 1.44. The Morgan fingerprint density at radius 2 is 2.33 bits per heavy atom. The van der Waals surface area contributed by atoms with E-state index in [9.17, 15) is 4.91 Å². The van der Waals surface area contributed by atoms with Gasteiger partial charge in [-0.05, 0) is 23.4 Å². The van der Waals surface area contributed by atoms with E-state index in [1.54, 1.807) is 12.1 Å². The average molecular weight is 290 g/mol. The number of rotatable bonds is 2. The fourth-order valence-electron chi connectivity index (χ4n) is 0.729. The lowest BCUT2D eigenvalue weighted by Crippen LogP contribution is -1.77. The van der Waals surface area contributed by atoms with Crippen LogP contribution >= 0.6 is 30.1 Å². The van der Waals surface area contributed by atoms with Crippen molar-refractivity contribution in [2.45, 2.75) is 4.90 Å². The minimum Gasteiger partial charge on any atom is -0.192 e. The molecule has 12 heavy (non-hydrogen) atoms. The van der Waals surface area contributed by atoms with E-state index in [1.165, 1.54) is 15.0 Å². The van der Waals surface area contributed by atoms with E-state index in [1.807, 2.05) is 6.07 Å². The highest BCUT2D eigenvalue weighted by Crippen LogP contribution is 2.30. The second kappa shape index (κ2) is 4.42. The highest BCUT2D eigenvalue weighted by atomic mass is 127. The fraction of sp³-hybridized carbons (Fsp3) is 0. The molecule has 0 N–H and O–H groups in total. The summed E-state index contributed by atoms with van der Waals surface area (Å²) in [5.41, 5.74) is 0.784. The number of benzene rings is 1. The van der Waals surface area contributed by atoms with Crippen LogP contribution in [0.5, 0.6) is 0 Å². The van der Waals surface area contributed by atoms with Crippen LogP contribution < -0.4 is 0 Å². The molecule has 0 aromatic heterocycles. The summed E-state index contributed by atoms with van der Waals surface area (Å²) >= 11 is 2.08. The van der Waals surface area contributed by atoms with Crippen molar-refractivity contribution >= 4 is 35.8 Å². The third kappa shape index (κ3) is 1.95. The molecule has 1 aromatic carbocycles. The Kier molecular flexibility index (Phi) is 3.49. The van der Waals surface area contributed by atoms with Crippen LogP contribution in [0.25, 0.3) is 0 Å². The van der Waals surface area contributed by atoms with Crippen LogP contribution in [0.4, 0.5) is 5.69 Å². The zero-order chi connectivity index (χ0) is 8.97. The summed E-state index contributed by atoms with van der Waals surface area (Å²) in [6.07, 6.45) is 0. The van der Waals surface area contributed by atoms with Gasteiger partial charge in [-0.1, -0.05) is 8.93 Å². The molecule has 1 aromatic rings. The van der Waals surface area contributed by atoms with Gasteiger partial charge < -0.3 is 0 Å². The maximum Gasteiger partial charge on any atom is 0.109 e. The summed E-state index contributed by atoms with van der Waals surface area (Å²) in [6.45, 7) is 0. The fourth-order valence-corrected chi connectivity index (χ4v) is 2.19. The lowest BCUT2D eigenvalue weighted by Gasteiger charge is -1.96. The first-order chi connectivity index (χ1) is 5.81. The number of hydrogen-bond donors (Lipinski definition) is 0. The summed E-state index contributed by atoms with van der Waals surface area (Å²) in [4.78, 5) is 11.0. The summed E-state index contributed by atoms with van der Waals surface area (Å²) in [5, 5.41) is 11.4. The lowest BCUT2D eigenvalue weighted by atomic mass is 10.2. The van der Waals surface area contributed by atoms with E-state index < -0.39 is 0 Å². The SMILES string of the molecule is N#Cc1cc(N=O)ccc1SI. The molecule has 0 fully saturated rings. The number of nitriles is 1. The van der Waals surface area contributed by atoms with Gasteiger partial charge in [0, 0.05) is 26.1 Å². The van der Waals surface area contributed by atoms with Crippen molar-refractivity contribution in [2.24, 2.45) is 5.18 Å². The summed E-state index contributed by atoms with van der Waals surface area (Å²) < 4.78 is 0. The minimum atomic E-state index is 0.292. The van der Waals surface area contributed by atoms with Gasteiger partial charge in [-0.15, -0.1) is 4.91 Å². The van der Waals surface area contributed by atoms with Crippen LogP contribution in [0, 0.1) is 16.2 Å². The smallest absolute Gasteiger partial charge is 0.109 e. The van der Waals surface area contributed by atoms with Gasteiger partial charge in [0.2, 0.25) is 0 Å². The Hall–Kier alpha value is -0.610. The van der Waals surface area contributed by atoms with Crippen LogP contribution in [-0.4, -0.2) is 0 Å². The largest absolute Gasteiger partial charge is 0.192 e. The van der Waals surface area contributed by atoms with Crippen molar-refractivity contribution in [1.82, 2.24) is 0 Å². The molecule has 0 radical (unpaired) electrons. The van der Waals surface area contributed by atoms with E-state index in [-0.39, 0.29) is 0 Å².